The van der Waals surface area contributed by atoms with Crippen LogP contribution in [0.5, 0.6) is 17.2 Å². The van der Waals surface area contributed by atoms with Gasteiger partial charge in [0.1, 0.15) is 17.2 Å². The number of carbonyl (C=O) groups is 1. The van der Waals surface area contributed by atoms with Crippen LogP contribution in [0, 0.1) is 13.8 Å². The molecule has 0 saturated heterocycles. The van der Waals surface area contributed by atoms with Crippen molar-refractivity contribution in [3.05, 3.63) is 77.4 Å². The van der Waals surface area contributed by atoms with Crippen LogP contribution in [-0.2, 0) is 14.8 Å². The minimum atomic E-state index is -3.94. The van der Waals surface area contributed by atoms with Crippen LogP contribution in [0.1, 0.15) is 29.7 Å². The molecule has 190 valence electrons. The largest absolute Gasteiger partial charge is 0.497 e. The first-order valence-electron chi connectivity index (χ1n) is 11.5. The van der Waals surface area contributed by atoms with Crippen molar-refractivity contribution in [1.29, 1.82) is 0 Å². The van der Waals surface area contributed by atoms with E-state index in [0.717, 1.165) is 16.7 Å². The molecular weight excluding hydrogens is 480 g/mol. The zero-order valence-electron chi connectivity index (χ0n) is 20.9. The van der Waals surface area contributed by atoms with Crippen LogP contribution < -0.4 is 23.8 Å². The highest BCUT2D eigenvalue weighted by Crippen LogP contribution is 2.38. The zero-order valence-corrected chi connectivity index (χ0v) is 21.8. The van der Waals surface area contributed by atoms with E-state index in [-0.39, 0.29) is 11.4 Å². The topological polar surface area (TPSA) is 94.2 Å². The lowest BCUT2D eigenvalue weighted by atomic mass is 10.1. The summed E-state index contributed by atoms with van der Waals surface area (Å²) in [5.74, 6) is 1.11. The van der Waals surface area contributed by atoms with Crippen LogP contribution in [-0.4, -0.2) is 41.2 Å². The first-order chi connectivity index (χ1) is 17.1. The van der Waals surface area contributed by atoms with Crippen molar-refractivity contribution < 1.29 is 27.4 Å². The zero-order chi connectivity index (χ0) is 26.0. The number of methoxy groups -OCH3 is 2. The highest BCUT2D eigenvalue weighted by molar-refractivity contribution is 7.92. The van der Waals surface area contributed by atoms with E-state index in [1.54, 1.807) is 68.8 Å². The Labute approximate surface area is 211 Å². The van der Waals surface area contributed by atoms with E-state index in [4.69, 9.17) is 14.2 Å². The maximum atomic E-state index is 13.6. The molecule has 0 aromatic heterocycles. The summed E-state index contributed by atoms with van der Waals surface area (Å²) in [6.45, 7) is 5.41. The molecule has 9 heteroatoms. The quantitative estimate of drug-likeness (QED) is 0.513. The molecular formula is C27H30N2O6S. The van der Waals surface area contributed by atoms with E-state index in [1.807, 2.05) is 26.8 Å². The lowest BCUT2D eigenvalue weighted by Gasteiger charge is -2.35. The van der Waals surface area contributed by atoms with Gasteiger partial charge < -0.3 is 19.5 Å². The molecule has 0 spiro atoms. The van der Waals surface area contributed by atoms with Gasteiger partial charge in [-0.3, -0.25) is 9.10 Å². The summed E-state index contributed by atoms with van der Waals surface area (Å²) in [5, 5.41) is 2.93. The molecule has 1 aliphatic heterocycles. The normalized spacial score (nSPS) is 15.9. The van der Waals surface area contributed by atoms with Gasteiger partial charge in [-0.25, -0.2) is 8.42 Å². The summed E-state index contributed by atoms with van der Waals surface area (Å²) >= 11 is 0. The molecule has 1 heterocycles. The number of hydrogen-bond acceptors (Lipinski definition) is 6. The van der Waals surface area contributed by atoms with Gasteiger partial charge in [0.05, 0.1) is 37.4 Å². The molecule has 0 aliphatic carbocycles. The fourth-order valence-electron chi connectivity index (χ4n) is 4.12. The SMILES string of the molecule is COc1ccc(OC)c(C(C)NC(=O)C2CN(S(=O)(=O)c3ccc(C)cc3)c3cc(C)ccc3O2)c1. The van der Waals surface area contributed by atoms with Crippen LogP contribution in [0.3, 0.4) is 0 Å². The third kappa shape index (κ3) is 4.97. The summed E-state index contributed by atoms with van der Waals surface area (Å²) in [5.41, 5.74) is 2.96. The number of fused-ring (bicyclic) bond motifs is 1. The third-order valence-corrected chi connectivity index (χ3v) is 7.94. The Morgan fingerprint density at radius 3 is 2.36 bits per heavy atom. The fraction of sp³-hybridized carbons (Fsp3) is 0.296. The third-order valence-electron chi connectivity index (χ3n) is 6.15. The van der Waals surface area contributed by atoms with Gasteiger partial charge in [0.25, 0.3) is 15.9 Å². The lowest BCUT2D eigenvalue weighted by molar-refractivity contribution is -0.128. The lowest BCUT2D eigenvalue weighted by Crippen LogP contribution is -2.51. The van der Waals surface area contributed by atoms with Crippen molar-refractivity contribution >= 4 is 21.6 Å². The Balaban J connectivity index is 1.64. The standard InChI is InChI=1S/C27H30N2O6S/c1-17-6-10-21(11-7-17)36(31,32)29-16-26(35-25-12-8-18(2)14-23(25)29)27(30)28-19(3)22-15-20(33-4)9-13-24(22)34-5/h6-15,19,26H,16H2,1-5H3,(H,28,30). The molecule has 1 aliphatic rings. The number of nitrogens with zero attached hydrogens (tertiary/aromatic N) is 1. The number of aryl methyl sites for hydroxylation is 2. The van der Waals surface area contributed by atoms with Gasteiger partial charge in [-0.05, 0) is 68.8 Å². The molecule has 3 aromatic rings. The van der Waals surface area contributed by atoms with Gasteiger partial charge in [0.2, 0.25) is 0 Å². The number of rotatable bonds is 7. The second kappa shape index (κ2) is 10.1. The summed E-state index contributed by atoms with van der Waals surface area (Å²) in [4.78, 5) is 13.5. The number of benzene rings is 3. The highest BCUT2D eigenvalue weighted by atomic mass is 32.2. The molecule has 3 aromatic carbocycles. The number of amides is 1. The number of ether oxygens (including phenoxy) is 3. The smallest absolute Gasteiger partial charge is 0.264 e. The minimum Gasteiger partial charge on any atom is -0.497 e. The second-order valence-corrected chi connectivity index (χ2v) is 10.6. The molecule has 8 nitrogen and oxygen atoms in total. The van der Waals surface area contributed by atoms with Crippen molar-refractivity contribution in [2.75, 3.05) is 25.1 Å². The van der Waals surface area contributed by atoms with E-state index in [9.17, 15) is 13.2 Å². The molecule has 1 N–H and O–H groups in total. The molecule has 2 atom stereocenters. The maximum Gasteiger partial charge on any atom is 0.264 e. The minimum absolute atomic E-state index is 0.149. The van der Waals surface area contributed by atoms with Gasteiger partial charge in [0, 0.05) is 5.56 Å². The Bertz CT molecular complexity index is 1370. The van der Waals surface area contributed by atoms with E-state index in [2.05, 4.69) is 5.32 Å². The molecule has 2 unspecified atom stereocenters. The first-order valence-corrected chi connectivity index (χ1v) is 13.0. The summed E-state index contributed by atoms with van der Waals surface area (Å²) in [6.07, 6.45) is -1.06. The first kappa shape index (κ1) is 25.4. The molecule has 0 fully saturated rings. The van der Waals surface area contributed by atoms with Crippen LogP contribution in [0.25, 0.3) is 0 Å². The van der Waals surface area contributed by atoms with Crippen molar-refractivity contribution in [1.82, 2.24) is 5.32 Å². The van der Waals surface area contributed by atoms with Gasteiger partial charge in [-0.2, -0.15) is 0 Å². The number of sulfonamides is 1. The number of carbonyl (C=O) groups excluding carboxylic acids is 1. The Kier molecular flexibility index (Phi) is 7.12. The van der Waals surface area contributed by atoms with Crippen molar-refractivity contribution in [3.63, 3.8) is 0 Å². The molecule has 0 radical (unpaired) electrons. The molecule has 0 bridgehead atoms. The van der Waals surface area contributed by atoms with Crippen LogP contribution in [0.4, 0.5) is 5.69 Å². The monoisotopic (exact) mass is 510 g/mol. The van der Waals surface area contributed by atoms with E-state index >= 15 is 0 Å². The summed E-state index contributed by atoms with van der Waals surface area (Å²) in [6, 6.07) is 16.8. The van der Waals surface area contributed by atoms with Crippen molar-refractivity contribution in [2.45, 2.75) is 37.8 Å². The highest BCUT2D eigenvalue weighted by Gasteiger charge is 2.38. The van der Waals surface area contributed by atoms with Gasteiger partial charge in [0.15, 0.2) is 6.10 Å². The van der Waals surface area contributed by atoms with Crippen LogP contribution in [0.15, 0.2) is 65.6 Å². The Morgan fingerprint density at radius 2 is 1.69 bits per heavy atom. The molecule has 0 saturated carbocycles. The van der Waals surface area contributed by atoms with Crippen molar-refractivity contribution in [2.24, 2.45) is 0 Å². The molecule has 4 rings (SSSR count). The number of anilines is 1. The molecule has 1 amide bonds. The van der Waals surface area contributed by atoms with Crippen LogP contribution in [0.2, 0.25) is 0 Å². The van der Waals surface area contributed by atoms with Gasteiger partial charge >= 0.3 is 0 Å². The predicted octanol–water partition coefficient (Wildman–Crippen LogP) is 4.15. The van der Waals surface area contributed by atoms with E-state index < -0.39 is 28.1 Å². The number of nitrogens with one attached hydrogen (secondary N) is 1. The summed E-state index contributed by atoms with van der Waals surface area (Å²) < 4.78 is 45.3. The van der Waals surface area contributed by atoms with Crippen LogP contribution >= 0.6 is 0 Å². The maximum absolute atomic E-state index is 13.6. The number of hydrogen-bond donors (Lipinski definition) is 1. The summed E-state index contributed by atoms with van der Waals surface area (Å²) in [7, 11) is -0.824. The van der Waals surface area contributed by atoms with Gasteiger partial charge in [-0.15, -0.1) is 0 Å². The average molecular weight is 511 g/mol. The molecule has 36 heavy (non-hydrogen) atoms. The Hall–Kier alpha value is -3.72. The van der Waals surface area contributed by atoms with Crippen molar-refractivity contribution in [3.8, 4) is 17.2 Å². The predicted molar refractivity (Wildman–Crippen MR) is 137 cm³/mol. The average Bonchev–Trinajstić information content (AvgIpc) is 2.87. The van der Waals surface area contributed by atoms with E-state index in [1.165, 1.54) is 4.31 Å². The fourth-order valence-corrected chi connectivity index (χ4v) is 5.59. The van der Waals surface area contributed by atoms with Gasteiger partial charge in [-0.1, -0.05) is 23.8 Å². The van der Waals surface area contributed by atoms with E-state index in [0.29, 0.717) is 22.9 Å². The second-order valence-electron chi connectivity index (χ2n) is 8.77. The Morgan fingerprint density at radius 1 is 1.00 bits per heavy atom.